The van der Waals surface area contributed by atoms with E-state index in [-0.39, 0.29) is 0 Å². The molecule has 88 valence electrons. The summed E-state index contributed by atoms with van der Waals surface area (Å²) in [4.78, 5) is 0. The van der Waals surface area contributed by atoms with Crippen molar-refractivity contribution >= 4 is 10.8 Å². The fourth-order valence-electron chi connectivity index (χ4n) is 1.97. The summed E-state index contributed by atoms with van der Waals surface area (Å²) in [6.07, 6.45) is 5.53. The van der Waals surface area contributed by atoms with Crippen LogP contribution in [0.25, 0.3) is 10.8 Å². The summed E-state index contributed by atoms with van der Waals surface area (Å²) in [7, 11) is 0. The lowest BCUT2D eigenvalue weighted by atomic mass is 9.93. The van der Waals surface area contributed by atoms with Crippen LogP contribution in [0.15, 0.2) is 36.4 Å². The Balaban J connectivity index is 0.000000686. The second-order valence-corrected chi connectivity index (χ2v) is 4.05. The molecule has 0 amide bonds. The molecule has 0 aromatic heterocycles. The van der Waals surface area contributed by atoms with Gasteiger partial charge in [0.2, 0.25) is 0 Å². The Morgan fingerprint density at radius 1 is 1.00 bits per heavy atom. The molecule has 2 aromatic carbocycles. The van der Waals surface area contributed by atoms with Crippen LogP contribution in [0.2, 0.25) is 0 Å². The zero-order valence-electron chi connectivity index (χ0n) is 11.1. The second kappa shape index (κ2) is 6.11. The molecule has 0 radical (unpaired) electrons. The molecule has 0 heterocycles. The van der Waals surface area contributed by atoms with Crippen molar-refractivity contribution in [1.29, 1.82) is 0 Å². The van der Waals surface area contributed by atoms with E-state index in [0.29, 0.717) is 5.92 Å². The molecule has 2 rings (SSSR count). The van der Waals surface area contributed by atoms with Gasteiger partial charge in [0, 0.05) is 10.9 Å². The first-order valence-electron chi connectivity index (χ1n) is 6.22. The maximum Gasteiger partial charge on any atom is 0.0323 e. The molecular formula is C17H20. The van der Waals surface area contributed by atoms with Gasteiger partial charge in [-0.25, -0.2) is 0 Å². The van der Waals surface area contributed by atoms with Crippen molar-refractivity contribution in [2.75, 3.05) is 0 Å². The van der Waals surface area contributed by atoms with Crippen molar-refractivity contribution in [3.8, 4) is 12.3 Å². The molecule has 0 aliphatic heterocycles. The first kappa shape index (κ1) is 13.3. The quantitative estimate of drug-likeness (QED) is 0.600. The number of rotatable bonds is 1. The number of fused-ring (bicyclic) bond motifs is 1. The van der Waals surface area contributed by atoms with E-state index in [4.69, 9.17) is 6.42 Å². The van der Waals surface area contributed by atoms with E-state index in [1.807, 2.05) is 26.0 Å². The summed E-state index contributed by atoms with van der Waals surface area (Å²) in [5.74, 6) is 3.27. The fraction of sp³-hybridized carbons (Fsp3) is 0.294. The van der Waals surface area contributed by atoms with Gasteiger partial charge in [-0.3, -0.25) is 0 Å². The van der Waals surface area contributed by atoms with Crippen LogP contribution in [-0.2, 0) is 0 Å². The average Bonchev–Trinajstić information content (AvgIpc) is 2.39. The lowest BCUT2D eigenvalue weighted by Crippen LogP contribution is -1.91. The van der Waals surface area contributed by atoms with Gasteiger partial charge < -0.3 is 0 Å². The van der Waals surface area contributed by atoms with Gasteiger partial charge in [0.25, 0.3) is 0 Å². The normalized spacial score (nSPS) is 9.65. The predicted octanol–water partition coefficient (Wildman–Crippen LogP) is 4.97. The highest BCUT2D eigenvalue weighted by molar-refractivity contribution is 5.91. The fourth-order valence-corrected chi connectivity index (χ4v) is 1.97. The third-order valence-corrected chi connectivity index (χ3v) is 2.71. The predicted molar refractivity (Wildman–Crippen MR) is 77.3 cm³/mol. The Bertz CT molecular complexity index is 522. The van der Waals surface area contributed by atoms with Gasteiger partial charge in [-0.1, -0.05) is 63.9 Å². The van der Waals surface area contributed by atoms with E-state index in [0.717, 1.165) is 5.56 Å². The highest BCUT2D eigenvalue weighted by Crippen LogP contribution is 2.27. The summed E-state index contributed by atoms with van der Waals surface area (Å²) in [6, 6.07) is 12.5. The minimum absolute atomic E-state index is 0.503. The lowest BCUT2D eigenvalue weighted by molar-refractivity contribution is 0.876. The third-order valence-electron chi connectivity index (χ3n) is 2.71. The van der Waals surface area contributed by atoms with Crippen LogP contribution >= 0.6 is 0 Å². The lowest BCUT2D eigenvalue weighted by Gasteiger charge is -2.11. The molecule has 2 aromatic rings. The molecule has 0 atom stereocenters. The Labute approximate surface area is 105 Å². The summed E-state index contributed by atoms with van der Waals surface area (Å²) in [6.45, 7) is 8.39. The van der Waals surface area contributed by atoms with Crippen molar-refractivity contribution in [3.05, 3.63) is 47.5 Å². The molecule has 17 heavy (non-hydrogen) atoms. The summed E-state index contributed by atoms with van der Waals surface area (Å²) < 4.78 is 0. The van der Waals surface area contributed by atoms with Gasteiger partial charge in [-0.2, -0.15) is 0 Å². The first-order valence-corrected chi connectivity index (χ1v) is 6.22. The zero-order chi connectivity index (χ0) is 12.8. The Morgan fingerprint density at radius 3 is 2.12 bits per heavy atom. The minimum atomic E-state index is 0.503. The molecule has 0 nitrogen and oxygen atoms in total. The zero-order valence-corrected chi connectivity index (χ0v) is 11.1. The van der Waals surface area contributed by atoms with E-state index in [1.54, 1.807) is 0 Å². The molecule has 0 unspecified atom stereocenters. The van der Waals surface area contributed by atoms with Crippen LogP contribution in [0.5, 0.6) is 0 Å². The average molecular weight is 224 g/mol. The van der Waals surface area contributed by atoms with Crippen LogP contribution in [0.1, 0.15) is 44.7 Å². The maximum atomic E-state index is 5.53. The Hall–Kier alpha value is -1.74. The first-order chi connectivity index (χ1) is 8.24. The molecule has 0 aliphatic carbocycles. The summed E-state index contributed by atoms with van der Waals surface area (Å²) in [5, 5.41) is 2.47. The highest BCUT2D eigenvalue weighted by atomic mass is 14.1. The van der Waals surface area contributed by atoms with Crippen molar-refractivity contribution < 1.29 is 0 Å². The van der Waals surface area contributed by atoms with Gasteiger partial charge >= 0.3 is 0 Å². The number of terminal acetylenes is 1. The molecule has 0 saturated carbocycles. The molecule has 0 spiro atoms. The van der Waals surface area contributed by atoms with E-state index >= 15 is 0 Å². The van der Waals surface area contributed by atoms with Crippen LogP contribution in [0, 0.1) is 12.3 Å². The van der Waals surface area contributed by atoms with Crippen LogP contribution < -0.4 is 0 Å². The van der Waals surface area contributed by atoms with Gasteiger partial charge in [-0.05, 0) is 22.9 Å². The number of hydrogen-bond donors (Lipinski definition) is 0. The maximum absolute atomic E-state index is 5.53. The van der Waals surface area contributed by atoms with Crippen LogP contribution in [0.3, 0.4) is 0 Å². The smallest absolute Gasteiger partial charge is 0.0323 e. The van der Waals surface area contributed by atoms with Gasteiger partial charge in [0.05, 0.1) is 0 Å². The molecule has 0 aliphatic rings. The van der Waals surface area contributed by atoms with Crippen molar-refractivity contribution in [3.63, 3.8) is 0 Å². The van der Waals surface area contributed by atoms with Crippen molar-refractivity contribution in [1.82, 2.24) is 0 Å². The Morgan fingerprint density at radius 2 is 1.59 bits per heavy atom. The van der Waals surface area contributed by atoms with Gasteiger partial charge in [0.15, 0.2) is 0 Å². The molecular weight excluding hydrogens is 204 g/mol. The third kappa shape index (κ3) is 2.68. The van der Waals surface area contributed by atoms with Crippen LogP contribution in [0.4, 0.5) is 0 Å². The van der Waals surface area contributed by atoms with E-state index in [2.05, 4.69) is 44.0 Å². The number of hydrogen-bond acceptors (Lipinski definition) is 0. The van der Waals surface area contributed by atoms with Gasteiger partial charge in [-0.15, -0.1) is 6.42 Å². The van der Waals surface area contributed by atoms with Crippen molar-refractivity contribution in [2.24, 2.45) is 0 Å². The van der Waals surface area contributed by atoms with E-state index < -0.39 is 0 Å². The topological polar surface area (TPSA) is 0 Å². The molecule has 0 saturated heterocycles. The van der Waals surface area contributed by atoms with Crippen LogP contribution in [-0.4, -0.2) is 0 Å². The highest BCUT2D eigenvalue weighted by Gasteiger charge is 2.07. The monoisotopic (exact) mass is 224 g/mol. The van der Waals surface area contributed by atoms with Crippen molar-refractivity contribution in [2.45, 2.75) is 33.6 Å². The minimum Gasteiger partial charge on any atom is -0.115 e. The molecule has 0 fully saturated rings. The number of benzene rings is 2. The summed E-state index contributed by atoms with van der Waals surface area (Å²) in [5.41, 5.74) is 2.33. The molecule has 0 heteroatoms. The van der Waals surface area contributed by atoms with E-state index in [1.165, 1.54) is 16.3 Å². The largest absolute Gasteiger partial charge is 0.115 e. The van der Waals surface area contributed by atoms with E-state index in [9.17, 15) is 0 Å². The molecule has 0 bridgehead atoms. The SMILES string of the molecule is C#Cc1cccc2cccc(C(C)C)c12.CC. The van der Waals surface area contributed by atoms with Gasteiger partial charge in [0.1, 0.15) is 0 Å². The molecule has 0 N–H and O–H groups in total. The standard InChI is InChI=1S/C15H14.C2H6/c1-4-12-7-5-8-13-9-6-10-14(11(2)3)15(12)13;1-2/h1,5-11H,2-3H3;1-2H3. The Kier molecular flexibility index (Phi) is 4.79. The summed E-state index contributed by atoms with van der Waals surface area (Å²) >= 11 is 0. The second-order valence-electron chi connectivity index (χ2n) is 4.05.